The normalized spacial score (nSPS) is 22.2. The van der Waals surface area contributed by atoms with Crippen LogP contribution < -0.4 is 0 Å². The smallest absolute Gasteiger partial charge is 0.0666 e. The van der Waals surface area contributed by atoms with Crippen molar-refractivity contribution in [2.24, 2.45) is 0 Å². The molecule has 2 fully saturated rings. The van der Waals surface area contributed by atoms with Gasteiger partial charge in [0.05, 0.1) is 5.60 Å². The fraction of sp³-hybridized carbons (Fsp3) is 0.556. The lowest BCUT2D eigenvalue weighted by molar-refractivity contribution is -0.0344. The predicted octanol–water partition coefficient (Wildman–Crippen LogP) is 5.89. The average molecular weight is 441 g/mol. The summed E-state index contributed by atoms with van der Waals surface area (Å²) in [6, 6.07) is 19.3. The highest BCUT2D eigenvalue weighted by Gasteiger charge is 2.36. The SMILES string of the molecule is CC(CN1CCN(C(CC2(O)CCCCC2)c2cccc(Cl)c2)CC1)c1ccccc1. The Labute approximate surface area is 193 Å². The predicted molar refractivity (Wildman–Crippen MR) is 130 cm³/mol. The van der Waals surface area contributed by atoms with E-state index in [-0.39, 0.29) is 6.04 Å². The van der Waals surface area contributed by atoms with Crippen LogP contribution in [0, 0.1) is 0 Å². The second kappa shape index (κ2) is 10.5. The summed E-state index contributed by atoms with van der Waals surface area (Å²) in [5.74, 6) is 0.541. The first-order valence-electron chi connectivity index (χ1n) is 12.0. The van der Waals surface area contributed by atoms with E-state index >= 15 is 0 Å². The van der Waals surface area contributed by atoms with Crippen LogP contribution in [0.1, 0.15) is 68.5 Å². The van der Waals surface area contributed by atoms with Crippen molar-refractivity contribution in [3.05, 3.63) is 70.7 Å². The lowest BCUT2D eigenvalue weighted by atomic mass is 9.79. The molecule has 1 saturated heterocycles. The monoisotopic (exact) mass is 440 g/mol. The summed E-state index contributed by atoms with van der Waals surface area (Å²) in [7, 11) is 0. The zero-order valence-electron chi connectivity index (χ0n) is 18.8. The molecule has 1 aliphatic carbocycles. The molecule has 2 atom stereocenters. The molecule has 0 spiro atoms. The highest BCUT2D eigenvalue weighted by Crippen LogP contribution is 2.39. The average Bonchev–Trinajstić information content (AvgIpc) is 2.79. The maximum absolute atomic E-state index is 11.3. The Kier molecular flexibility index (Phi) is 7.71. The number of benzene rings is 2. The third-order valence-corrected chi connectivity index (χ3v) is 7.57. The Morgan fingerprint density at radius 1 is 0.903 bits per heavy atom. The second-order valence-electron chi connectivity index (χ2n) is 9.71. The van der Waals surface area contributed by atoms with Gasteiger partial charge in [0, 0.05) is 43.8 Å². The van der Waals surface area contributed by atoms with Crippen molar-refractivity contribution >= 4 is 11.6 Å². The first-order chi connectivity index (χ1) is 15.0. The molecule has 1 N–H and O–H groups in total. The van der Waals surface area contributed by atoms with E-state index in [1.807, 2.05) is 12.1 Å². The van der Waals surface area contributed by atoms with Crippen molar-refractivity contribution in [3.8, 4) is 0 Å². The summed E-state index contributed by atoms with van der Waals surface area (Å²) in [6.07, 6.45) is 6.21. The summed E-state index contributed by atoms with van der Waals surface area (Å²) in [6.45, 7) is 7.65. The van der Waals surface area contributed by atoms with E-state index in [9.17, 15) is 5.11 Å². The number of hydrogen-bond donors (Lipinski definition) is 1. The first kappa shape index (κ1) is 22.8. The summed E-state index contributed by atoms with van der Waals surface area (Å²) >= 11 is 6.35. The molecule has 4 heteroatoms. The van der Waals surface area contributed by atoms with Gasteiger partial charge in [-0.2, -0.15) is 0 Å². The van der Waals surface area contributed by atoms with E-state index in [1.54, 1.807) is 0 Å². The first-order valence-corrected chi connectivity index (χ1v) is 12.4. The summed E-state index contributed by atoms with van der Waals surface area (Å²) in [5, 5.41) is 12.1. The Bertz CT molecular complexity index is 813. The zero-order chi connectivity index (χ0) is 21.7. The van der Waals surface area contributed by atoms with Crippen molar-refractivity contribution in [2.45, 2.75) is 63.0 Å². The van der Waals surface area contributed by atoms with Gasteiger partial charge in [-0.1, -0.05) is 80.3 Å². The minimum Gasteiger partial charge on any atom is -0.390 e. The van der Waals surface area contributed by atoms with Gasteiger partial charge in [-0.05, 0) is 48.4 Å². The molecule has 3 nitrogen and oxygen atoms in total. The third-order valence-electron chi connectivity index (χ3n) is 7.34. The molecule has 168 valence electrons. The van der Waals surface area contributed by atoms with Crippen LogP contribution in [0.5, 0.6) is 0 Å². The maximum Gasteiger partial charge on any atom is 0.0666 e. The molecule has 0 bridgehead atoms. The molecule has 2 aliphatic rings. The number of aliphatic hydroxyl groups is 1. The molecule has 2 aromatic rings. The lowest BCUT2D eigenvalue weighted by Crippen LogP contribution is -2.50. The van der Waals surface area contributed by atoms with E-state index in [1.165, 1.54) is 17.5 Å². The van der Waals surface area contributed by atoms with Gasteiger partial charge in [0.1, 0.15) is 0 Å². The largest absolute Gasteiger partial charge is 0.390 e. The highest BCUT2D eigenvalue weighted by atomic mass is 35.5. The second-order valence-corrected chi connectivity index (χ2v) is 10.1. The van der Waals surface area contributed by atoms with E-state index < -0.39 is 5.60 Å². The molecule has 0 aromatic heterocycles. The van der Waals surface area contributed by atoms with Gasteiger partial charge < -0.3 is 10.0 Å². The van der Waals surface area contributed by atoms with Crippen molar-refractivity contribution in [1.29, 1.82) is 0 Å². The van der Waals surface area contributed by atoms with Crippen LogP contribution >= 0.6 is 11.6 Å². The minimum absolute atomic E-state index is 0.232. The summed E-state index contributed by atoms with van der Waals surface area (Å²) in [5.41, 5.74) is 2.13. The Hall–Kier alpha value is -1.39. The Morgan fingerprint density at radius 2 is 1.58 bits per heavy atom. The van der Waals surface area contributed by atoms with Crippen LogP contribution in [0.15, 0.2) is 54.6 Å². The molecular formula is C27H37ClN2O. The number of piperazine rings is 1. The molecule has 1 aliphatic heterocycles. The molecule has 0 amide bonds. The van der Waals surface area contributed by atoms with Crippen LogP contribution in [-0.2, 0) is 0 Å². The molecule has 31 heavy (non-hydrogen) atoms. The molecule has 2 unspecified atom stereocenters. The number of nitrogens with zero attached hydrogens (tertiary/aromatic N) is 2. The summed E-state index contributed by atoms with van der Waals surface area (Å²) < 4.78 is 0. The van der Waals surface area contributed by atoms with Gasteiger partial charge in [0.15, 0.2) is 0 Å². The molecule has 1 heterocycles. The van der Waals surface area contributed by atoms with Gasteiger partial charge in [0.25, 0.3) is 0 Å². The molecule has 0 radical (unpaired) electrons. The number of halogens is 1. The molecular weight excluding hydrogens is 404 g/mol. The zero-order valence-corrected chi connectivity index (χ0v) is 19.6. The van der Waals surface area contributed by atoms with Crippen LogP contribution in [-0.4, -0.2) is 53.2 Å². The summed E-state index contributed by atoms with van der Waals surface area (Å²) in [4.78, 5) is 5.18. The fourth-order valence-corrected chi connectivity index (χ4v) is 5.68. The fourth-order valence-electron chi connectivity index (χ4n) is 5.48. The Balaban J connectivity index is 1.42. The topological polar surface area (TPSA) is 26.7 Å². The van der Waals surface area contributed by atoms with Gasteiger partial charge in [-0.25, -0.2) is 0 Å². The van der Waals surface area contributed by atoms with Crippen molar-refractivity contribution < 1.29 is 5.11 Å². The number of hydrogen-bond acceptors (Lipinski definition) is 3. The molecule has 2 aromatic carbocycles. The van der Waals surface area contributed by atoms with E-state index in [4.69, 9.17) is 11.6 Å². The van der Waals surface area contributed by atoms with Gasteiger partial charge in [0.2, 0.25) is 0 Å². The van der Waals surface area contributed by atoms with E-state index in [2.05, 4.69) is 59.2 Å². The highest BCUT2D eigenvalue weighted by molar-refractivity contribution is 6.30. The quantitative estimate of drug-likeness (QED) is 0.581. The van der Waals surface area contributed by atoms with Crippen molar-refractivity contribution in [1.82, 2.24) is 9.80 Å². The minimum atomic E-state index is -0.538. The van der Waals surface area contributed by atoms with Gasteiger partial charge in [-0.3, -0.25) is 4.90 Å². The molecule has 1 saturated carbocycles. The van der Waals surface area contributed by atoms with Crippen LogP contribution in [0.2, 0.25) is 5.02 Å². The van der Waals surface area contributed by atoms with Gasteiger partial charge in [-0.15, -0.1) is 0 Å². The standard InChI is InChI=1S/C27H37ClN2O/c1-22(23-9-4-2-5-10-23)21-29-15-17-30(18-16-29)26(24-11-8-12-25(28)19-24)20-27(31)13-6-3-7-14-27/h2,4-5,8-12,19,22,26,31H,3,6-7,13-18,20-21H2,1H3. The maximum atomic E-state index is 11.3. The van der Waals surface area contributed by atoms with Crippen LogP contribution in [0.25, 0.3) is 0 Å². The van der Waals surface area contributed by atoms with Crippen molar-refractivity contribution in [3.63, 3.8) is 0 Å². The molecule has 4 rings (SSSR count). The van der Waals surface area contributed by atoms with Gasteiger partial charge >= 0.3 is 0 Å². The van der Waals surface area contributed by atoms with Crippen LogP contribution in [0.4, 0.5) is 0 Å². The lowest BCUT2D eigenvalue weighted by Gasteiger charge is -2.44. The third kappa shape index (κ3) is 6.10. The van der Waals surface area contributed by atoms with Crippen LogP contribution in [0.3, 0.4) is 0 Å². The Morgan fingerprint density at radius 3 is 2.26 bits per heavy atom. The van der Waals surface area contributed by atoms with E-state index in [0.29, 0.717) is 5.92 Å². The van der Waals surface area contributed by atoms with Crippen molar-refractivity contribution in [2.75, 3.05) is 32.7 Å². The number of rotatable bonds is 7. The van der Waals surface area contributed by atoms with E-state index in [0.717, 1.165) is 69.9 Å².